The molecule has 0 saturated carbocycles. The number of likely N-dealkylation sites (tertiary alicyclic amines) is 1. The molecule has 2 aromatic carbocycles. The van der Waals surface area contributed by atoms with Crippen LogP contribution in [0.25, 0.3) is 0 Å². The topological polar surface area (TPSA) is 89.8 Å². The number of amides is 1. The van der Waals surface area contributed by atoms with E-state index in [0.717, 1.165) is 30.9 Å². The van der Waals surface area contributed by atoms with Crippen LogP contribution in [0.15, 0.2) is 48.5 Å². The second kappa shape index (κ2) is 8.65. The minimum Gasteiger partial charge on any atom is -0.462 e. The number of nitro benzene ring substituents is 1. The lowest BCUT2D eigenvalue weighted by Gasteiger charge is -2.25. The van der Waals surface area contributed by atoms with Crippen LogP contribution < -0.4 is 0 Å². The normalized spacial score (nSPS) is 16.0. The van der Waals surface area contributed by atoms with Crippen LogP contribution in [0, 0.1) is 10.1 Å². The van der Waals surface area contributed by atoms with Crippen LogP contribution >= 0.6 is 0 Å². The first kappa shape index (κ1) is 19.5. The minimum atomic E-state index is -0.678. The molecule has 1 unspecified atom stereocenters. The lowest BCUT2D eigenvalue weighted by molar-refractivity contribution is -0.384. The number of hydrogen-bond acceptors (Lipinski definition) is 5. The predicted molar refractivity (Wildman–Crippen MR) is 103 cm³/mol. The number of carbonyl (C=O) groups excluding carboxylic acids is 2. The molecule has 0 spiro atoms. The molecule has 1 aliphatic rings. The predicted octanol–water partition coefficient (Wildman–Crippen LogP) is 3.62. The number of non-ortho nitro benzene ring substituents is 1. The van der Waals surface area contributed by atoms with Crippen LogP contribution in [0.5, 0.6) is 0 Å². The summed E-state index contributed by atoms with van der Waals surface area (Å²) in [4.78, 5) is 37.6. The molecule has 146 valence electrons. The molecule has 28 heavy (non-hydrogen) atoms. The Kier molecular flexibility index (Phi) is 6.03. The van der Waals surface area contributed by atoms with E-state index in [0.29, 0.717) is 6.54 Å². The van der Waals surface area contributed by atoms with Crippen LogP contribution in [0.4, 0.5) is 5.69 Å². The summed E-state index contributed by atoms with van der Waals surface area (Å²) in [5.74, 6) is -0.977. The Morgan fingerprint density at radius 3 is 2.57 bits per heavy atom. The molecular formula is C21H22N2O5. The SMILES string of the molecule is CCOC(=O)c1cc(C(=O)N2CCCC2Cc2ccccc2)cc([N+](=O)[O-])c1. The zero-order valence-corrected chi connectivity index (χ0v) is 15.7. The quantitative estimate of drug-likeness (QED) is 0.432. The van der Waals surface area contributed by atoms with E-state index >= 15 is 0 Å². The third-order valence-electron chi connectivity index (χ3n) is 4.84. The van der Waals surface area contributed by atoms with Gasteiger partial charge in [0, 0.05) is 30.3 Å². The number of hydrogen-bond donors (Lipinski definition) is 0. The van der Waals surface area contributed by atoms with Gasteiger partial charge in [-0.05, 0) is 37.8 Å². The van der Waals surface area contributed by atoms with E-state index in [1.54, 1.807) is 11.8 Å². The van der Waals surface area contributed by atoms with Crippen LogP contribution in [0.2, 0.25) is 0 Å². The van der Waals surface area contributed by atoms with Crippen LogP contribution in [-0.2, 0) is 11.2 Å². The first-order chi connectivity index (χ1) is 13.5. The lowest BCUT2D eigenvalue weighted by Crippen LogP contribution is -2.37. The molecule has 1 atom stereocenters. The van der Waals surface area contributed by atoms with Crippen molar-refractivity contribution in [2.24, 2.45) is 0 Å². The molecule has 1 heterocycles. The largest absolute Gasteiger partial charge is 0.462 e. The zero-order chi connectivity index (χ0) is 20.1. The van der Waals surface area contributed by atoms with E-state index in [1.165, 1.54) is 12.1 Å². The summed E-state index contributed by atoms with van der Waals surface area (Å²) in [7, 11) is 0. The Morgan fingerprint density at radius 2 is 1.89 bits per heavy atom. The van der Waals surface area contributed by atoms with Crippen molar-refractivity contribution >= 4 is 17.6 Å². The number of esters is 1. The highest BCUT2D eigenvalue weighted by Crippen LogP contribution is 2.26. The number of nitrogens with zero attached hydrogens (tertiary/aromatic N) is 2. The molecule has 0 N–H and O–H groups in total. The number of carbonyl (C=O) groups is 2. The monoisotopic (exact) mass is 382 g/mol. The summed E-state index contributed by atoms with van der Waals surface area (Å²) in [5.41, 5.74) is 0.988. The molecular weight excluding hydrogens is 360 g/mol. The number of nitro groups is 1. The third-order valence-corrected chi connectivity index (χ3v) is 4.84. The van der Waals surface area contributed by atoms with Crippen molar-refractivity contribution in [1.82, 2.24) is 4.90 Å². The smallest absolute Gasteiger partial charge is 0.338 e. The summed E-state index contributed by atoms with van der Waals surface area (Å²) in [6, 6.07) is 13.7. The van der Waals surface area contributed by atoms with Crippen LogP contribution in [0.3, 0.4) is 0 Å². The van der Waals surface area contributed by atoms with Gasteiger partial charge < -0.3 is 9.64 Å². The fourth-order valence-electron chi connectivity index (χ4n) is 3.54. The molecule has 0 bridgehead atoms. The van der Waals surface area contributed by atoms with Gasteiger partial charge in [0.15, 0.2) is 0 Å². The van der Waals surface area contributed by atoms with Gasteiger partial charge in [-0.1, -0.05) is 30.3 Å². The van der Waals surface area contributed by atoms with Gasteiger partial charge in [0.05, 0.1) is 17.1 Å². The van der Waals surface area contributed by atoms with E-state index in [2.05, 4.69) is 0 Å². The van der Waals surface area contributed by atoms with Crippen molar-refractivity contribution in [3.05, 3.63) is 75.3 Å². The maximum atomic E-state index is 13.1. The first-order valence-electron chi connectivity index (χ1n) is 9.31. The summed E-state index contributed by atoms with van der Waals surface area (Å²) in [6.07, 6.45) is 2.48. The number of ether oxygens (including phenoxy) is 1. The van der Waals surface area contributed by atoms with Crippen molar-refractivity contribution in [2.75, 3.05) is 13.2 Å². The molecule has 0 radical (unpaired) electrons. The van der Waals surface area contributed by atoms with Gasteiger partial charge >= 0.3 is 5.97 Å². The van der Waals surface area contributed by atoms with Crippen molar-refractivity contribution in [3.63, 3.8) is 0 Å². The second-order valence-electron chi connectivity index (χ2n) is 6.73. The van der Waals surface area contributed by atoms with Crippen LogP contribution in [0.1, 0.15) is 46.0 Å². The summed E-state index contributed by atoms with van der Waals surface area (Å²) < 4.78 is 4.94. The van der Waals surface area contributed by atoms with Gasteiger partial charge in [-0.3, -0.25) is 14.9 Å². The average molecular weight is 382 g/mol. The molecule has 1 saturated heterocycles. The Bertz CT molecular complexity index is 882. The van der Waals surface area contributed by atoms with E-state index in [1.807, 2.05) is 30.3 Å². The van der Waals surface area contributed by atoms with Crippen molar-refractivity contribution < 1.29 is 19.2 Å². The van der Waals surface area contributed by atoms with E-state index in [-0.39, 0.29) is 35.4 Å². The Hall–Kier alpha value is -3.22. The summed E-state index contributed by atoms with van der Waals surface area (Å²) in [5, 5.41) is 11.3. The van der Waals surface area contributed by atoms with Crippen molar-refractivity contribution in [1.29, 1.82) is 0 Å². The van der Waals surface area contributed by atoms with Crippen molar-refractivity contribution in [2.45, 2.75) is 32.2 Å². The molecule has 0 aliphatic carbocycles. The minimum absolute atomic E-state index is 0.0122. The van der Waals surface area contributed by atoms with Gasteiger partial charge in [-0.15, -0.1) is 0 Å². The first-order valence-corrected chi connectivity index (χ1v) is 9.31. The third kappa shape index (κ3) is 4.36. The Labute approximate surface area is 163 Å². The lowest BCUT2D eigenvalue weighted by atomic mass is 10.0. The fourth-order valence-corrected chi connectivity index (χ4v) is 3.54. The van der Waals surface area contributed by atoms with Crippen LogP contribution in [-0.4, -0.2) is 40.9 Å². The van der Waals surface area contributed by atoms with Gasteiger partial charge in [-0.2, -0.15) is 0 Å². The summed E-state index contributed by atoms with van der Waals surface area (Å²) in [6.45, 7) is 2.39. The second-order valence-corrected chi connectivity index (χ2v) is 6.73. The van der Waals surface area contributed by atoms with Gasteiger partial charge in [0.1, 0.15) is 0 Å². The maximum Gasteiger partial charge on any atom is 0.338 e. The van der Waals surface area contributed by atoms with Gasteiger partial charge in [-0.25, -0.2) is 4.79 Å². The molecule has 2 aromatic rings. The van der Waals surface area contributed by atoms with Crippen molar-refractivity contribution in [3.8, 4) is 0 Å². The number of benzene rings is 2. The highest BCUT2D eigenvalue weighted by molar-refractivity contribution is 5.99. The molecule has 1 amide bonds. The van der Waals surface area contributed by atoms with Gasteiger partial charge in [0.2, 0.25) is 0 Å². The molecule has 1 aliphatic heterocycles. The highest BCUT2D eigenvalue weighted by Gasteiger charge is 2.31. The maximum absolute atomic E-state index is 13.1. The van der Waals surface area contributed by atoms with E-state index in [9.17, 15) is 19.7 Å². The molecule has 3 rings (SSSR count). The average Bonchev–Trinajstić information content (AvgIpc) is 3.16. The van der Waals surface area contributed by atoms with E-state index < -0.39 is 10.9 Å². The number of rotatable bonds is 6. The summed E-state index contributed by atoms with van der Waals surface area (Å²) >= 11 is 0. The molecule has 0 aromatic heterocycles. The standard InChI is InChI=1S/C21H22N2O5/c1-2-28-21(25)17-12-16(13-19(14-17)23(26)27)20(24)22-10-6-9-18(22)11-15-7-4-3-5-8-15/h3-5,7-8,12-14,18H,2,6,9-11H2,1H3. The fraction of sp³-hybridized carbons (Fsp3) is 0.333. The van der Waals surface area contributed by atoms with E-state index in [4.69, 9.17) is 4.74 Å². The van der Waals surface area contributed by atoms with Gasteiger partial charge in [0.25, 0.3) is 11.6 Å². The Balaban J connectivity index is 1.87. The highest BCUT2D eigenvalue weighted by atomic mass is 16.6. The molecule has 7 nitrogen and oxygen atoms in total. The Morgan fingerprint density at radius 1 is 1.18 bits per heavy atom. The molecule has 7 heteroatoms. The zero-order valence-electron chi connectivity index (χ0n) is 15.7. The molecule has 1 fully saturated rings.